The minimum Gasteiger partial charge on any atom is -0.482 e. The number of rotatable bonds is 11. The average Bonchev–Trinajstić information content (AvgIpc) is 3.00. The molecule has 0 radical (unpaired) electrons. The molecule has 0 aliphatic carbocycles. The number of anilines is 1. The number of esters is 1. The number of aryl methyl sites for hydroxylation is 1. The fourth-order valence-electron chi connectivity index (χ4n) is 3.91. The zero-order valence-corrected chi connectivity index (χ0v) is 24.4. The number of amides is 1. The molecule has 0 unspecified atom stereocenters. The Labute approximate surface area is 249 Å². The molecule has 1 amide bonds. The molecule has 11 heteroatoms. The number of sulfonamides is 1. The molecule has 216 valence electrons. The van der Waals surface area contributed by atoms with Gasteiger partial charge in [0.1, 0.15) is 5.75 Å². The standard InChI is InChI=1S/C31H28ClN3O6S/c1-22-11-16-26(32)18-29(22)35(42(38,39)28-9-4-3-5-10-28)20-23-12-14-25(15-13-23)31(37)34-33-19-24-7-6-8-27(17-24)41-21-30(36)40-2/h3-19H,20-21H2,1-2H3,(H,34,37)/b33-19-. The molecule has 0 bridgehead atoms. The van der Waals surface area contributed by atoms with Crippen LogP contribution in [-0.4, -0.2) is 40.2 Å². The second-order valence-electron chi connectivity index (χ2n) is 9.09. The number of hydrogen-bond acceptors (Lipinski definition) is 7. The normalized spacial score (nSPS) is 11.2. The van der Waals surface area contributed by atoms with Gasteiger partial charge in [-0.3, -0.25) is 9.10 Å². The van der Waals surface area contributed by atoms with E-state index in [2.05, 4.69) is 15.3 Å². The van der Waals surface area contributed by atoms with Crippen molar-refractivity contribution in [2.75, 3.05) is 18.0 Å². The van der Waals surface area contributed by atoms with E-state index in [0.29, 0.717) is 33.1 Å². The molecule has 0 saturated carbocycles. The van der Waals surface area contributed by atoms with Crippen LogP contribution in [0.25, 0.3) is 0 Å². The molecule has 0 aliphatic rings. The summed E-state index contributed by atoms with van der Waals surface area (Å²) in [5.74, 6) is -0.504. The Balaban J connectivity index is 1.47. The quantitative estimate of drug-likeness (QED) is 0.140. The fraction of sp³-hybridized carbons (Fsp3) is 0.129. The van der Waals surface area contributed by atoms with Gasteiger partial charge in [0.2, 0.25) is 0 Å². The number of halogens is 1. The Morgan fingerprint density at radius 2 is 1.69 bits per heavy atom. The van der Waals surface area contributed by atoms with Crippen molar-refractivity contribution in [3.63, 3.8) is 0 Å². The van der Waals surface area contributed by atoms with E-state index in [0.717, 1.165) is 5.56 Å². The average molecular weight is 606 g/mol. The molecule has 9 nitrogen and oxygen atoms in total. The number of nitrogens with zero attached hydrogens (tertiary/aromatic N) is 2. The highest BCUT2D eigenvalue weighted by molar-refractivity contribution is 7.92. The molecule has 1 N–H and O–H groups in total. The first-order valence-corrected chi connectivity index (χ1v) is 14.5. The summed E-state index contributed by atoms with van der Waals surface area (Å²) in [4.78, 5) is 24.1. The Morgan fingerprint density at radius 1 is 0.952 bits per heavy atom. The van der Waals surface area contributed by atoms with Crippen LogP contribution in [0, 0.1) is 6.92 Å². The van der Waals surface area contributed by atoms with Crippen molar-refractivity contribution in [3.8, 4) is 5.75 Å². The highest BCUT2D eigenvalue weighted by Crippen LogP contribution is 2.31. The lowest BCUT2D eigenvalue weighted by Crippen LogP contribution is -2.31. The molecule has 4 rings (SSSR count). The topological polar surface area (TPSA) is 114 Å². The molecule has 4 aromatic carbocycles. The largest absolute Gasteiger partial charge is 0.482 e. The smallest absolute Gasteiger partial charge is 0.343 e. The first kappa shape index (κ1) is 30.3. The summed E-state index contributed by atoms with van der Waals surface area (Å²) in [6.07, 6.45) is 1.44. The summed E-state index contributed by atoms with van der Waals surface area (Å²) in [5.41, 5.74) is 5.31. The molecule has 0 spiro atoms. The molecule has 0 fully saturated rings. The number of nitrogens with one attached hydrogen (secondary N) is 1. The first-order valence-electron chi connectivity index (χ1n) is 12.7. The van der Waals surface area contributed by atoms with E-state index in [1.54, 1.807) is 97.1 Å². The lowest BCUT2D eigenvalue weighted by molar-refractivity contribution is -0.142. The Morgan fingerprint density at radius 3 is 2.40 bits per heavy atom. The number of hydrogen-bond donors (Lipinski definition) is 1. The summed E-state index contributed by atoms with van der Waals surface area (Å²) in [5, 5.41) is 4.41. The zero-order valence-electron chi connectivity index (χ0n) is 22.9. The summed E-state index contributed by atoms with van der Waals surface area (Å²) in [6, 6.07) is 26.7. The van der Waals surface area contributed by atoms with Crippen molar-refractivity contribution in [2.24, 2.45) is 5.10 Å². The Hall–Kier alpha value is -4.67. The van der Waals surface area contributed by atoms with E-state index in [4.69, 9.17) is 16.3 Å². The van der Waals surface area contributed by atoms with Gasteiger partial charge in [0.25, 0.3) is 15.9 Å². The molecular weight excluding hydrogens is 578 g/mol. The van der Waals surface area contributed by atoms with Crippen molar-refractivity contribution >= 4 is 45.4 Å². The van der Waals surface area contributed by atoms with Crippen LogP contribution in [0.1, 0.15) is 27.0 Å². The number of carbonyl (C=O) groups is 2. The van der Waals surface area contributed by atoms with Crippen LogP contribution in [0.5, 0.6) is 5.75 Å². The maximum absolute atomic E-state index is 13.7. The van der Waals surface area contributed by atoms with E-state index in [9.17, 15) is 18.0 Å². The number of hydrazone groups is 1. The Kier molecular flexibility index (Phi) is 9.95. The van der Waals surface area contributed by atoms with Gasteiger partial charge in [-0.2, -0.15) is 5.10 Å². The molecule has 4 aromatic rings. The van der Waals surface area contributed by atoms with E-state index >= 15 is 0 Å². The van der Waals surface area contributed by atoms with Crippen molar-refractivity contribution in [3.05, 3.63) is 124 Å². The van der Waals surface area contributed by atoms with Crippen molar-refractivity contribution in [1.82, 2.24) is 5.43 Å². The summed E-state index contributed by atoms with van der Waals surface area (Å²) >= 11 is 6.23. The Bertz CT molecular complexity index is 1690. The van der Waals surface area contributed by atoms with Crippen LogP contribution in [0.3, 0.4) is 0 Å². The summed E-state index contributed by atoms with van der Waals surface area (Å²) < 4.78 is 38.6. The van der Waals surface area contributed by atoms with Gasteiger partial charge in [-0.15, -0.1) is 0 Å². The van der Waals surface area contributed by atoms with Gasteiger partial charge in [-0.05, 0) is 72.1 Å². The predicted molar refractivity (Wildman–Crippen MR) is 161 cm³/mol. The number of methoxy groups -OCH3 is 1. The monoisotopic (exact) mass is 605 g/mol. The van der Waals surface area contributed by atoms with Crippen LogP contribution in [0.15, 0.2) is 107 Å². The fourth-order valence-corrected chi connectivity index (χ4v) is 5.61. The molecular formula is C31H28ClN3O6S. The third-order valence-electron chi connectivity index (χ3n) is 6.14. The molecule has 42 heavy (non-hydrogen) atoms. The lowest BCUT2D eigenvalue weighted by atomic mass is 10.1. The van der Waals surface area contributed by atoms with E-state index < -0.39 is 21.9 Å². The van der Waals surface area contributed by atoms with Crippen molar-refractivity contribution in [2.45, 2.75) is 18.4 Å². The SMILES string of the molecule is COC(=O)COc1cccc(/C=N\NC(=O)c2ccc(CN(c3cc(Cl)ccc3C)S(=O)(=O)c3ccccc3)cc2)c1. The first-order chi connectivity index (χ1) is 20.2. The van der Waals surface area contributed by atoms with Crippen LogP contribution >= 0.6 is 11.6 Å². The maximum atomic E-state index is 13.7. The number of benzene rings is 4. The van der Waals surface area contributed by atoms with Gasteiger partial charge in [0.05, 0.1) is 30.5 Å². The minimum atomic E-state index is -3.92. The van der Waals surface area contributed by atoms with Crippen LogP contribution in [0.2, 0.25) is 5.02 Å². The second kappa shape index (κ2) is 13.8. The number of ether oxygens (including phenoxy) is 2. The van der Waals surface area contributed by atoms with Gasteiger partial charge >= 0.3 is 5.97 Å². The van der Waals surface area contributed by atoms with Gasteiger partial charge in [0.15, 0.2) is 6.61 Å². The van der Waals surface area contributed by atoms with E-state index in [-0.39, 0.29) is 18.0 Å². The van der Waals surface area contributed by atoms with E-state index in [1.807, 2.05) is 6.92 Å². The van der Waals surface area contributed by atoms with Crippen molar-refractivity contribution in [1.29, 1.82) is 0 Å². The van der Waals surface area contributed by atoms with Gasteiger partial charge < -0.3 is 9.47 Å². The summed E-state index contributed by atoms with van der Waals surface area (Å²) in [7, 11) is -2.65. The van der Waals surface area contributed by atoms with E-state index in [1.165, 1.54) is 17.6 Å². The van der Waals surface area contributed by atoms with Crippen LogP contribution < -0.4 is 14.5 Å². The minimum absolute atomic E-state index is 0.0207. The van der Waals surface area contributed by atoms with Crippen LogP contribution in [-0.2, 0) is 26.1 Å². The van der Waals surface area contributed by atoms with Gasteiger partial charge in [0, 0.05) is 10.6 Å². The lowest BCUT2D eigenvalue weighted by Gasteiger charge is -2.26. The third-order valence-corrected chi connectivity index (χ3v) is 8.14. The molecule has 0 aromatic heterocycles. The van der Waals surface area contributed by atoms with Gasteiger partial charge in [-0.1, -0.05) is 60.1 Å². The molecule has 0 atom stereocenters. The zero-order chi connectivity index (χ0) is 30.1. The summed E-state index contributed by atoms with van der Waals surface area (Å²) in [6.45, 7) is 1.62. The van der Waals surface area contributed by atoms with Crippen LogP contribution in [0.4, 0.5) is 5.69 Å². The number of carbonyl (C=O) groups excluding carboxylic acids is 2. The predicted octanol–water partition coefficient (Wildman–Crippen LogP) is 5.36. The highest BCUT2D eigenvalue weighted by Gasteiger charge is 2.26. The highest BCUT2D eigenvalue weighted by atomic mass is 35.5. The second-order valence-corrected chi connectivity index (χ2v) is 11.4. The maximum Gasteiger partial charge on any atom is 0.343 e. The third kappa shape index (κ3) is 7.74. The van der Waals surface area contributed by atoms with Gasteiger partial charge in [-0.25, -0.2) is 18.6 Å². The molecule has 0 aliphatic heterocycles. The van der Waals surface area contributed by atoms with Crippen molar-refractivity contribution < 1.29 is 27.5 Å². The molecule has 0 saturated heterocycles. The molecule has 0 heterocycles.